The van der Waals surface area contributed by atoms with E-state index in [4.69, 9.17) is 9.57 Å². The molecule has 6 heteroatoms. The number of hydrogen-bond donors (Lipinski definition) is 0. The van der Waals surface area contributed by atoms with Gasteiger partial charge in [0.25, 0.3) is 5.91 Å². The van der Waals surface area contributed by atoms with Crippen LogP contribution < -0.4 is 0 Å². The average molecular weight is 282 g/mol. The summed E-state index contributed by atoms with van der Waals surface area (Å²) in [4.78, 5) is 33.6. The van der Waals surface area contributed by atoms with Crippen molar-refractivity contribution < 1.29 is 19.2 Å². The van der Waals surface area contributed by atoms with E-state index in [0.29, 0.717) is 12.1 Å². The summed E-state index contributed by atoms with van der Waals surface area (Å²) in [6.45, 7) is 7.68. The van der Waals surface area contributed by atoms with E-state index in [-0.39, 0.29) is 24.3 Å². The van der Waals surface area contributed by atoms with Crippen molar-refractivity contribution in [3.63, 3.8) is 0 Å². The van der Waals surface area contributed by atoms with Crippen LogP contribution >= 0.6 is 0 Å². The quantitative estimate of drug-likeness (QED) is 0.424. The number of hydroxylamine groups is 2. The van der Waals surface area contributed by atoms with Gasteiger partial charge in [-0.3, -0.25) is 9.59 Å². The van der Waals surface area contributed by atoms with Crippen LogP contribution in [0.4, 0.5) is 0 Å². The van der Waals surface area contributed by atoms with E-state index < -0.39 is 11.8 Å². The van der Waals surface area contributed by atoms with Crippen molar-refractivity contribution >= 4 is 17.5 Å². The molecular weight excluding hydrogens is 260 g/mol. The van der Waals surface area contributed by atoms with Crippen LogP contribution in [0.15, 0.2) is 16.8 Å². The number of hydrogen-bond acceptors (Lipinski definition) is 5. The minimum Gasteiger partial charge on any atom is -0.356 e. The number of carbonyl (C=O) groups excluding carboxylic acids is 2. The van der Waals surface area contributed by atoms with Gasteiger partial charge in [0.1, 0.15) is 11.4 Å². The summed E-state index contributed by atoms with van der Waals surface area (Å²) in [7, 11) is 1.42. The van der Waals surface area contributed by atoms with Gasteiger partial charge in [0.15, 0.2) is 6.79 Å². The van der Waals surface area contributed by atoms with E-state index >= 15 is 0 Å². The first-order valence-corrected chi connectivity index (χ1v) is 6.66. The van der Waals surface area contributed by atoms with Gasteiger partial charge in [-0.05, 0) is 18.3 Å². The van der Waals surface area contributed by atoms with Crippen LogP contribution in [0, 0.1) is 11.8 Å². The molecule has 20 heavy (non-hydrogen) atoms. The number of carbonyl (C=O) groups is 2. The highest BCUT2D eigenvalue weighted by Gasteiger charge is 2.34. The highest BCUT2D eigenvalue weighted by atomic mass is 16.8. The molecular formula is C14H22N2O4. The number of amides is 2. The number of methoxy groups -OCH3 is 1. The Bertz CT molecular complexity index is 438. The topological polar surface area (TPSA) is 68.2 Å². The molecule has 0 N–H and O–H groups in total. The van der Waals surface area contributed by atoms with E-state index in [0.717, 1.165) is 5.06 Å². The third kappa shape index (κ3) is 4.25. The van der Waals surface area contributed by atoms with E-state index in [1.807, 2.05) is 27.7 Å². The second-order valence-electron chi connectivity index (χ2n) is 5.39. The van der Waals surface area contributed by atoms with Crippen molar-refractivity contribution in [3.8, 4) is 0 Å². The summed E-state index contributed by atoms with van der Waals surface area (Å²) in [5, 5.41) is 0.739. The third-order valence-corrected chi connectivity index (χ3v) is 2.48. The van der Waals surface area contributed by atoms with Crippen molar-refractivity contribution in [2.75, 3.05) is 13.9 Å². The number of rotatable bonds is 6. The Morgan fingerprint density at radius 3 is 2.35 bits per heavy atom. The number of aliphatic imine (C=N–C) groups is 1. The predicted octanol–water partition coefficient (Wildman–Crippen LogP) is 1.92. The Balaban J connectivity index is 3.10. The fourth-order valence-corrected chi connectivity index (χ4v) is 1.72. The lowest BCUT2D eigenvalue weighted by Crippen LogP contribution is -2.45. The van der Waals surface area contributed by atoms with Crippen molar-refractivity contribution in [1.29, 1.82) is 0 Å². The number of nitrogens with zero attached hydrogens (tertiary/aromatic N) is 2. The van der Waals surface area contributed by atoms with Crippen molar-refractivity contribution in [2.24, 2.45) is 16.8 Å². The molecule has 1 aliphatic rings. The highest BCUT2D eigenvalue weighted by molar-refractivity contribution is 6.43. The molecule has 0 radical (unpaired) electrons. The van der Waals surface area contributed by atoms with E-state index in [9.17, 15) is 9.59 Å². The van der Waals surface area contributed by atoms with Gasteiger partial charge in [0, 0.05) is 7.11 Å². The van der Waals surface area contributed by atoms with E-state index in [1.54, 1.807) is 6.08 Å². The molecule has 0 saturated heterocycles. The average Bonchev–Trinajstić information content (AvgIpc) is 2.34. The lowest BCUT2D eigenvalue weighted by Gasteiger charge is -2.25. The first-order chi connectivity index (χ1) is 9.36. The zero-order valence-corrected chi connectivity index (χ0v) is 12.7. The van der Waals surface area contributed by atoms with Crippen LogP contribution in [0.3, 0.4) is 0 Å². The molecule has 0 aromatic heterocycles. The van der Waals surface area contributed by atoms with Crippen LogP contribution in [0.25, 0.3) is 0 Å². The van der Waals surface area contributed by atoms with Crippen LogP contribution in [0.1, 0.15) is 34.1 Å². The summed E-state index contributed by atoms with van der Waals surface area (Å²) < 4.78 is 4.75. The molecule has 2 amide bonds. The summed E-state index contributed by atoms with van der Waals surface area (Å²) in [5.74, 6) is -0.652. The largest absolute Gasteiger partial charge is 0.356 e. The summed E-state index contributed by atoms with van der Waals surface area (Å²) in [5.41, 5.74) is 0.578. The second kappa shape index (κ2) is 7.31. The minimum absolute atomic E-state index is 0.149. The number of imide groups is 1. The first-order valence-electron chi connectivity index (χ1n) is 6.66. The normalized spacial score (nSPS) is 18.4. The molecule has 112 valence electrons. The van der Waals surface area contributed by atoms with Crippen molar-refractivity contribution in [1.82, 2.24) is 5.06 Å². The van der Waals surface area contributed by atoms with Gasteiger partial charge in [-0.15, -0.1) is 5.06 Å². The van der Waals surface area contributed by atoms with E-state index in [1.165, 1.54) is 7.11 Å². The molecule has 1 rings (SSSR count). The lowest BCUT2D eigenvalue weighted by atomic mass is 10.0. The van der Waals surface area contributed by atoms with Gasteiger partial charge < -0.3 is 4.74 Å². The molecule has 0 saturated carbocycles. The Morgan fingerprint density at radius 1 is 1.20 bits per heavy atom. The van der Waals surface area contributed by atoms with Gasteiger partial charge in [-0.25, -0.2) is 9.83 Å². The van der Waals surface area contributed by atoms with Crippen LogP contribution in [-0.4, -0.2) is 36.5 Å². The summed E-state index contributed by atoms with van der Waals surface area (Å²) in [6.07, 6.45) is 2.21. The van der Waals surface area contributed by atoms with Gasteiger partial charge in [-0.1, -0.05) is 33.8 Å². The summed E-state index contributed by atoms with van der Waals surface area (Å²) in [6, 6.07) is 0. The molecule has 1 aliphatic heterocycles. The van der Waals surface area contributed by atoms with Crippen molar-refractivity contribution in [2.45, 2.75) is 34.1 Å². The van der Waals surface area contributed by atoms with Crippen LogP contribution in [-0.2, 0) is 19.2 Å². The van der Waals surface area contributed by atoms with Crippen LogP contribution in [0.2, 0.25) is 0 Å². The van der Waals surface area contributed by atoms with E-state index in [2.05, 4.69) is 4.99 Å². The molecule has 0 spiro atoms. The highest BCUT2D eigenvalue weighted by Crippen LogP contribution is 2.18. The monoisotopic (exact) mass is 282 g/mol. The van der Waals surface area contributed by atoms with Gasteiger partial charge in [-0.2, -0.15) is 0 Å². The number of allylic oxidation sites excluding steroid dienone is 1. The fraction of sp³-hybridized carbons (Fsp3) is 0.643. The molecule has 6 nitrogen and oxygen atoms in total. The first kappa shape index (κ1) is 16.5. The molecule has 0 unspecified atom stereocenters. The minimum atomic E-state index is -0.548. The Hall–Kier alpha value is -1.53. The smallest absolute Gasteiger partial charge is 0.303 e. The molecule has 0 atom stereocenters. The molecule has 0 fully saturated rings. The zero-order valence-electron chi connectivity index (χ0n) is 12.7. The van der Waals surface area contributed by atoms with Gasteiger partial charge >= 0.3 is 5.91 Å². The van der Waals surface area contributed by atoms with Gasteiger partial charge in [0.2, 0.25) is 0 Å². The third-order valence-electron chi connectivity index (χ3n) is 2.48. The predicted molar refractivity (Wildman–Crippen MR) is 74.6 cm³/mol. The second-order valence-corrected chi connectivity index (χ2v) is 5.39. The maximum Gasteiger partial charge on any atom is 0.303 e. The Kier molecular flexibility index (Phi) is 6.04. The molecule has 0 aromatic rings. The SMILES string of the molecule is COCON1C(=O)C(CC(C)C)=N/C(=C\C(C)C)C1=O. The molecule has 0 bridgehead atoms. The lowest BCUT2D eigenvalue weighted by molar-refractivity contribution is -0.213. The number of ether oxygens (including phenoxy) is 1. The molecule has 0 aromatic carbocycles. The van der Waals surface area contributed by atoms with Gasteiger partial charge in [0.05, 0.1) is 0 Å². The Morgan fingerprint density at radius 2 is 1.85 bits per heavy atom. The fourth-order valence-electron chi connectivity index (χ4n) is 1.72. The summed E-state index contributed by atoms with van der Waals surface area (Å²) >= 11 is 0. The maximum atomic E-state index is 12.2. The van der Waals surface area contributed by atoms with Crippen molar-refractivity contribution in [3.05, 3.63) is 11.8 Å². The standard InChI is InChI=1S/C14H22N2O4/c1-9(2)6-11-13(17)16(20-8-19-5)14(18)12(15-11)7-10(3)4/h6,9-10H,7-8H2,1-5H3/b11-6-. The molecule has 1 heterocycles. The maximum absolute atomic E-state index is 12.2. The zero-order chi connectivity index (χ0) is 15.3. The van der Waals surface area contributed by atoms with Crippen LogP contribution in [0.5, 0.6) is 0 Å². The molecule has 0 aliphatic carbocycles. The Labute approximate surface area is 119 Å².